The quantitative estimate of drug-likeness (QED) is 0.887. The number of methoxy groups -OCH3 is 1. The molecule has 4 nitrogen and oxygen atoms in total. The fourth-order valence-corrected chi connectivity index (χ4v) is 2.48. The highest BCUT2D eigenvalue weighted by Gasteiger charge is 2.20. The first-order valence-electron chi connectivity index (χ1n) is 6.58. The van der Waals surface area contributed by atoms with Gasteiger partial charge in [-0.15, -0.1) is 0 Å². The monoisotopic (exact) mass is 250 g/mol. The standard InChI is InChI=1S/C14H22N2O2/c1-11(17)13-5-6-14(15-8-13)16-7-3-4-12(9-16)10-18-2/h5-6,8,11-12,17H,3-4,7,9-10H2,1-2H3/t11-,12?/m0/s1. The van der Waals surface area contributed by atoms with Crippen molar-refractivity contribution in [2.75, 3.05) is 31.7 Å². The van der Waals surface area contributed by atoms with Crippen LogP contribution in [0.2, 0.25) is 0 Å². The molecule has 1 aromatic rings. The molecule has 0 radical (unpaired) electrons. The summed E-state index contributed by atoms with van der Waals surface area (Å²) < 4.78 is 5.24. The summed E-state index contributed by atoms with van der Waals surface area (Å²) in [6.45, 7) is 4.64. The Hall–Kier alpha value is -1.13. The number of nitrogens with zero attached hydrogens (tertiary/aromatic N) is 2. The Morgan fingerprint density at radius 3 is 3.00 bits per heavy atom. The smallest absolute Gasteiger partial charge is 0.128 e. The third-order valence-corrected chi connectivity index (χ3v) is 3.50. The van der Waals surface area contributed by atoms with Crippen LogP contribution in [0.5, 0.6) is 0 Å². The van der Waals surface area contributed by atoms with E-state index in [1.54, 1.807) is 20.2 Å². The molecule has 2 heterocycles. The molecule has 100 valence electrons. The molecule has 0 bridgehead atoms. The van der Waals surface area contributed by atoms with Crippen LogP contribution in [0.4, 0.5) is 5.82 Å². The number of hydrogen-bond acceptors (Lipinski definition) is 4. The molecule has 1 aliphatic heterocycles. The van der Waals surface area contributed by atoms with Crippen LogP contribution in [-0.4, -0.2) is 36.9 Å². The van der Waals surface area contributed by atoms with Gasteiger partial charge in [-0.25, -0.2) is 4.98 Å². The van der Waals surface area contributed by atoms with Crippen molar-refractivity contribution < 1.29 is 9.84 Å². The van der Waals surface area contributed by atoms with Gasteiger partial charge in [0.2, 0.25) is 0 Å². The first-order chi connectivity index (χ1) is 8.70. The Morgan fingerprint density at radius 2 is 2.39 bits per heavy atom. The van der Waals surface area contributed by atoms with Crippen LogP contribution in [0.3, 0.4) is 0 Å². The molecule has 0 spiro atoms. The van der Waals surface area contributed by atoms with Gasteiger partial charge in [0.1, 0.15) is 5.82 Å². The second-order valence-corrected chi connectivity index (χ2v) is 5.04. The molecule has 0 aromatic carbocycles. The highest BCUT2D eigenvalue weighted by atomic mass is 16.5. The van der Waals surface area contributed by atoms with Gasteiger partial charge in [0, 0.05) is 26.4 Å². The van der Waals surface area contributed by atoms with Gasteiger partial charge in [0.25, 0.3) is 0 Å². The first kappa shape index (κ1) is 13.3. The lowest BCUT2D eigenvalue weighted by Crippen LogP contribution is -2.37. The predicted octanol–water partition coefficient (Wildman–Crippen LogP) is 2.00. The number of aliphatic hydroxyl groups excluding tert-OH is 1. The van der Waals surface area contributed by atoms with Gasteiger partial charge in [-0.2, -0.15) is 0 Å². The van der Waals surface area contributed by atoms with Crippen LogP contribution in [0, 0.1) is 5.92 Å². The van der Waals surface area contributed by atoms with Gasteiger partial charge in [0.15, 0.2) is 0 Å². The first-order valence-corrected chi connectivity index (χ1v) is 6.58. The largest absolute Gasteiger partial charge is 0.389 e. The summed E-state index contributed by atoms with van der Waals surface area (Å²) in [5, 5.41) is 9.47. The number of anilines is 1. The Balaban J connectivity index is 2.02. The Bertz CT molecular complexity index is 363. The summed E-state index contributed by atoms with van der Waals surface area (Å²) in [4.78, 5) is 6.75. The van der Waals surface area contributed by atoms with Crippen LogP contribution in [0.1, 0.15) is 31.4 Å². The van der Waals surface area contributed by atoms with Crippen molar-refractivity contribution in [2.45, 2.75) is 25.9 Å². The average molecular weight is 250 g/mol. The minimum Gasteiger partial charge on any atom is -0.389 e. The Kier molecular flexibility index (Phi) is 4.55. The van der Waals surface area contributed by atoms with E-state index in [-0.39, 0.29) is 0 Å². The number of aliphatic hydroxyl groups is 1. The molecule has 1 unspecified atom stereocenters. The Morgan fingerprint density at radius 1 is 1.56 bits per heavy atom. The fraction of sp³-hybridized carbons (Fsp3) is 0.643. The number of pyridine rings is 1. The van der Waals surface area contributed by atoms with Gasteiger partial charge < -0.3 is 14.7 Å². The van der Waals surface area contributed by atoms with E-state index in [2.05, 4.69) is 9.88 Å². The second kappa shape index (κ2) is 6.16. The van der Waals surface area contributed by atoms with E-state index in [0.717, 1.165) is 31.1 Å². The van der Waals surface area contributed by atoms with Crippen molar-refractivity contribution in [2.24, 2.45) is 5.92 Å². The van der Waals surface area contributed by atoms with Crippen LogP contribution < -0.4 is 4.90 Å². The van der Waals surface area contributed by atoms with Crippen molar-refractivity contribution in [3.8, 4) is 0 Å². The molecule has 0 amide bonds. The molecule has 0 aliphatic carbocycles. The molecule has 1 aliphatic rings. The van der Waals surface area contributed by atoms with Gasteiger partial charge in [-0.05, 0) is 37.3 Å². The third-order valence-electron chi connectivity index (χ3n) is 3.50. The van der Waals surface area contributed by atoms with E-state index in [1.165, 1.54) is 12.8 Å². The van der Waals surface area contributed by atoms with Crippen molar-refractivity contribution in [3.05, 3.63) is 23.9 Å². The summed E-state index contributed by atoms with van der Waals surface area (Å²) >= 11 is 0. The number of hydrogen-bond donors (Lipinski definition) is 1. The lowest BCUT2D eigenvalue weighted by Gasteiger charge is -2.33. The maximum absolute atomic E-state index is 9.47. The maximum atomic E-state index is 9.47. The van der Waals surface area contributed by atoms with Crippen LogP contribution in [-0.2, 0) is 4.74 Å². The number of aromatic nitrogens is 1. The van der Waals surface area contributed by atoms with Gasteiger partial charge >= 0.3 is 0 Å². The van der Waals surface area contributed by atoms with E-state index in [0.29, 0.717) is 5.92 Å². The molecular formula is C14H22N2O2. The predicted molar refractivity (Wildman–Crippen MR) is 71.7 cm³/mol. The van der Waals surface area contributed by atoms with Gasteiger partial charge in [0.05, 0.1) is 12.7 Å². The minimum absolute atomic E-state index is 0.450. The molecule has 4 heteroatoms. The zero-order valence-corrected chi connectivity index (χ0v) is 11.2. The number of piperidine rings is 1. The minimum atomic E-state index is -0.450. The highest BCUT2D eigenvalue weighted by molar-refractivity contribution is 5.40. The summed E-state index contributed by atoms with van der Waals surface area (Å²) in [7, 11) is 1.76. The highest BCUT2D eigenvalue weighted by Crippen LogP contribution is 2.22. The van der Waals surface area contributed by atoms with E-state index in [9.17, 15) is 5.11 Å². The van der Waals surface area contributed by atoms with E-state index < -0.39 is 6.10 Å². The molecule has 18 heavy (non-hydrogen) atoms. The molecule has 2 rings (SSSR count). The Labute approximate surface area is 109 Å². The van der Waals surface area contributed by atoms with Gasteiger partial charge in [-0.3, -0.25) is 0 Å². The topological polar surface area (TPSA) is 45.6 Å². The molecule has 1 aromatic heterocycles. The van der Waals surface area contributed by atoms with Crippen molar-refractivity contribution in [1.82, 2.24) is 4.98 Å². The zero-order valence-electron chi connectivity index (χ0n) is 11.2. The summed E-state index contributed by atoms with van der Waals surface area (Å²) in [6, 6.07) is 3.95. The van der Waals surface area contributed by atoms with Crippen LogP contribution in [0.25, 0.3) is 0 Å². The zero-order chi connectivity index (χ0) is 13.0. The number of rotatable bonds is 4. The average Bonchev–Trinajstić information content (AvgIpc) is 2.39. The summed E-state index contributed by atoms with van der Waals surface area (Å²) in [5.41, 5.74) is 0.865. The summed E-state index contributed by atoms with van der Waals surface area (Å²) in [6.07, 6.45) is 3.73. The van der Waals surface area contributed by atoms with E-state index >= 15 is 0 Å². The molecule has 1 saturated heterocycles. The fourth-order valence-electron chi connectivity index (χ4n) is 2.48. The molecule has 2 atom stereocenters. The third kappa shape index (κ3) is 3.21. The van der Waals surface area contributed by atoms with Crippen molar-refractivity contribution in [3.63, 3.8) is 0 Å². The van der Waals surface area contributed by atoms with Crippen LogP contribution >= 0.6 is 0 Å². The molecule has 1 fully saturated rings. The maximum Gasteiger partial charge on any atom is 0.128 e. The SMILES string of the molecule is COCC1CCCN(c2ccc([C@H](C)O)cn2)C1. The van der Waals surface area contributed by atoms with E-state index in [1.807, 2.05) is 12.1 Å². The van der Waals surface area contributed by atoms with Crippen molar-refractivity contribution in [1.29, 1.82) is 0 Å². The van der Waals surface area contributed by atoms with Crippen molar-refractivity contribution >= 4 is 5.82 Å². The molecular weight excluding hydrogens is 228 g/mol. The summed E-state index contributed by atoms with van der Waals surface area (Å²) in [5.74, 6) is 1.60. The lowest BCUT2D eigenvalue weighted by molar-refractivity contribution is 0.143. The van der Waals surface area contributed by atoms with Gasteiger partial charge in [-0.1, -0.05) is 6.07 Å². The molecule has 0 saturated carbocycles. The molecule has 1 N–H and O–H groups in total. The lowest BCUT2D eigenvalue weighted by atomic mass is 9.99. The number of ether oxygens (including phenoxy) is 1. The normalized spacial score (nSPS) is 21.9. The van der Waals surface area contributed by atoms with Crippen LogP contribution in [0.15, 0.2) is 18.3 Å². The van der Waals surface area contributed by atoms with E-state index in [4.69, 9.17) is 4.74 Å². The second-order valence-electron chi connectivity index (χ2n) is 5.04.